The van der Waals surface area contributed by atoms with Gasteiger partial charge in [-0.3, -0.25) is 4.79 Å². The number of esters is 1. The summed E-state index contributed by atoms with van der Waals surface area (Å²) in [6.07, 6.45) is 3.38. The van der Waals surface area contributed by atoms with Gasteiger partial charge in [-0.25, -0.2) is 14.8 Å². The summed E-state index contributed by atoms with van der Waals surface area (Å²) in [5, 5.41) is 14.9. The SMILES string of the molecule is CCN(CC)CCOc1ccc(Nc2ncc(-c3ccc(C(=O)NC(CO)C(=O)OC)cc3)cn2)cc1. The molecule has 1 unspecified atom stereocenters. The zero-order valence-corrected chi connectivity index (χ0v) is 21.3. The maximum Gasteiger partial charge on any atom is 0.330 e. The lowest BCUT2D eigenvalue weighted by Crippen LogP contribution is -2.44. The topological polar surface area (TPSA) is 126 Å². The van der Waals surface area contributed by atoms with E-state index in [4.69, 9.17) is 4.74 Å². The molecule has 0 spiro atoms. The normalized spacial score (nSPS) is 11.6. The molecule has 196 valence electrons. The number of nitrogens with zero attached hydrogens (tertiary/aromatic N) is 3. The van der Waals surface area contributed by atoms with E-state index in [0.717, 1.165) is 42.2 Å². The van der Waals surface area contributed by atoms with E-state index in [-0.39, 0.29) is 0 Å². The van der Waals surface area contributed by atoms with Gasteiger partial charge in [0, 0.05) is 35.8 Å². The largest absolute Gasteiger partial charge is 0.492 e. The summed E-state index contributed by atoms with van der Waals surface area (Å²) in [5.41, 5.74) is 2.77. The van der Waals surface area contributed by atoms with Gasteiger partial charge in [-0.2, -0.15) is 0 Å². The van der Waals surface area contributed by atoms with Crippen LogP contribution in [0.15, 0.2) is 60.9 Å². The minimum absolute atomic E-state index is 0.339. The molecule has 0 fully saturated rings. The van der Waals surface area contributed by atoms with Gasteiger partial charge in [-0.15, -0.1) is 0 Å². The van der Waals surface area contributed by atoms with Crippen molar-refractivity contribution in [1.29, 1.82) is 0 Å². The van der Waals surface area contributed by atoms with Crippen LogP contribution in [-0.4, -0.2) is 77.9 Å². The van der Waals surface area contributed by atoms with E-state index in [9.17, 15) is 14.7 Å². The van der Waals surface area contributed by atoms with Crippen molar-refractivity contribution in [2.24, 2.45) is 0 Å². The molecule has 1 atom stereocenters. The predicted octanol–water partition coefficient (Wildman–Crippen LogP) is 2.87. The van der Waals surface area contributed by atoms with Gasteiger partial charge >= 0.3 is 5.97 Å². The highest BCUT2D eigenvalue weighted by molar-refractivity contribution is 5.97. The maximum atomic E-state index is 12.4. The minimum Gasteiger partial charge on any atom is -0.492 e. The van der Waals surface area contributed by atoms with Crippen LogP contribution in [0.5, 0.6) is 5.75 Å². The van der Waals surface area contributed by atoms with Crippen LogP contribution in [0.1, 0.15) is 24.2 Å². The first-order valence-corrected chi connectivity index (χ1v) is 12.1. The molecule has 10 heteroatoms. The van der Waals surface area contributed by atoms with Gasteiger partial charge in [0.1, 0.15) is 12.4 Å². The average molecular weight is 508 g/mol. The number of ether oxygens (including phenoxy) is 2. The summed E-state index contributed by atoms with van der Waals surface area (Å²) in [6, 6.07) is 13.3. The van der Waals surface area contributed by atoms with Crippen molar-refractivity contribution in [3.8, 4) is 16.9 Å². The van der Waals surface area contributed by atoms with Crippen LogP contribution in [0.3, 0.4) is 0 Å². The Hall–Kier alpha value is -4.02. The number of carbonyl (C=O) groups is 2. The highest BCUT2D eigenvalue weighted by Gasteiger charge is 2.21. The van der Waals surface area contributed by atoms with E-state index < -0.39 is 24.5 Å². The summed E-state index contributed by atoms with van der Waals surface area (Å²) >= 11 is 0. The molecule has 0 aliphatic heterocycles. The number of aliphatic hydroxyl groups excluding tert-OH is 1. The van der Waals surface area contributed by atoms with Crippen molar-refractivity contribution in [2.75, 3.05) is 45.3 Å². The summed E-state index contributed by atoms with van der Waals surface area (Å²) in [4.78, 5) is 35.0. The number of aliphatic hydroxyl groups is 1. The second-order valence-corrected chi connectivity index (χ2v) is 8.13. The van der Waals surface area contributed by atoms with Crippen molar-refractivity contribution in [3.05, 3.63) is 66.5 Å². The monoisotopic (exact) mass is 507 g/mol. The Labute approximate surface area is 216 Å². The highest BCUT2D eigenvalue weighted by Crippen LogP contribution is 2.21. The van der Waals surface area contributed by atoms with Crippen LogP contribution >= 0.6 is 0 Å². The predicted molar refractivity (Wildman–Crippen MR) is 141 cm³/mol. The van der Waals surface area contributed by atoms with Crippen LogP contribution in [0.2, 0.25) is 0 Å². The Bertz CT molecular complexity index is 1130. The number of carbonyl (C=O) groups excluding carboxylic acids is 2. The number of anilines is 2. The van der Waals surface area contributed by atoms with Gasteiger partial charge in [-0.1, -0.05) is 26.0 Å². The molecule has 0 aliphatic carbocycles. The number of nitrogens with one attached hydrogen (secondary N) is 2. The zero-order valence-electron chi connectivity index (χ0n) is 21.3. The molecule has 2 aromatic carbocycles. The zero-order chi connectivity index (χ0) is 26.6. The van der Waals surface area contributed by atoms with Gasteiger partial charge < -0.3 is 30.1 Å². The van der Waals surface area contributed by atoms with Crippen molar-refractivity contribution in [3.63, 3.8) is 0 Å². The third kappa shape index (κ3) is 7.99. The first kappa shape index (κ1) is 27.6. The molecule has 1 heterocycles. The molecule has 1 aromatic heterocycles. The first-order valence-electron chi connectivity index (χ1n) is 12.1. The van der Waals surface area contributed by atoms with E-state index in [1.54, 1.807) is 36.7 Å². The maximum absolute atomic E-state index is 12.4. The lowest BCUT2D eigenvalue weighted by molar-refractivity contribution is -0.143. The molecule has 3 N–H and O–H groups in total. The summed E-state index contributed by atoms with van der Waals surface area (Å²) in [5.74, 6) is 0.0525. The fourth-order valence-electron chi connectivity index (χ4n) is 3.51. The number of benzene rings is 2. The van der Waals surface area contributed by atoms with Crippen molar-refractivity contribution in [2.45, 2.75) is 19.9 Å². The second-order valence-electron chi connectivity index (χ2n) is 8.13. The molecule has 0 saturated carbocycles. The molecule has 3 aromatic rings. The van der Waals surface area contributed by atoms with Gasteiger partial charge in [-0.05, 0) is 55.1 Å². The number of likely N-dealkylation sites (N-methyl/N-ethyl adjacent to an activating group) is 1. The van der Waals surface area contributed by atoms with E-state index in [0.29, 0.717) is 18.1 Å². The molecule has 10 nitrogen and oxygen atoms in total. The van der Waals surface area contributed by atoms with E-state index >= 15 is 0 Å². The number of methoxy groups -OCH3 is 1. The number of rotatable bonds is 13. The Kier molecular flexibility index (Phi) is 10.4. The van der Waals surface area contributed by atoms with Crippen LogP contribution < -0.4 is 15.4 Å². The fraction of sp³-hybridized carbons (Fsp3) is 0.333. The molecular weight excluding hydrogens is 474 g/mol. The van der Waals surface area contributed by atoms with Gasteiger partial charge in [0.05, 0.1) is 13.7 Å². The summed E-state index contributed by atoms with van der Waals surface area (Å²) in [7, 11) is 1.19. The molecule has 0 radical (unpaired) electrons. The van der Waals surface area contributed by atoms with Crippen LogP contribution in [-0.2, 0) is 9.53 Å². The molecule has 0 aliphatic rings. The molecule has 37 heavy (non-hydrogen) atoms. The molecule has 0 saturated heterocycles. The van der Waals surface area contributed by atoms with Crippen LogP contribution in [0.4, 0.5) is 11.6 Å². The van der Waals surface area contributed by atoms with E-state index in [1.807, 2.05) is 24.3 Å². The standard InChI is InChI=1S/C27H33N5O5/c1-4-32(5-2)14-15-37-23-12-10-22(11-13-23)30-27-28-16-21(17-29-27)19-6-8-20(9-7-19)25(34)31-24(18-33)26(35)36-3/h6-13,16-17,24,33H,4-5,14-15,18H2,1-3H3,(H,31,34)(H,28,29,30). The summed E-state index contributed by atoms with van der Waals surface area (Å²) < 4.78 is 10.4. The van der Waals surface area contributed by atoms with E-state index in [2.05, 4.69) is 44.1 Å². The highest BCUT2D eigenvalue weighted by atomic mass is 16.5. The lowest BCUT2D eigenvalue weighted by atomic mass is 10.1. The van der Waals surface area contributed by atoms with Crippen LogP contribution in [0, 0.1) is 0 Å². The Morgan fingerprint density at radius 2 is 1.62 bits per heavy atom. The minimum atomic E-state index is -1.12. The van der Waals surface area contributed by atoms with Gasteiger partial charge in [0.2, 0.25) is 5.95 Å². The van der Waals surface area contributed by atoms with Crippen molar-refractivity contribution in [1.82, 2.24) is 20.2 Å². The van der Waals surface area contributed by atoms with Crippen molar-refractivity contribution >= 4 is 23.5 Å². The smallest absolute Gasteiger partial charge is 0.330 e. The van der Waals surface area contributed by atoms with Gasteiger partial charge in [0.25, 0.3) is 5.91 Å². The number of aromatic nitrogens is 2. The summed E-state index contributed by atoms with van der Waals surface area (Å²) in [6.45, 7) is 7.27. The quantitative estimate of drug-likeness (QED) is 0.299. The average Bonchev–Trinajstić information content (AvgIpc) is 2.95. The van der Waals surface area contributed by atoms with Crippen LogP contribution in [0.25, 0.3) is 11.1 Å². The van der Waals surface area contributed by atoms with Gasteiger partial charge in [0.15, 0.2) is 6.04 Å². The number of amides is 1. The Balaban J connectivity index is 1.54. The lowest BCUT2D eigenvalue weighted by Gasteiger charge is -2.18. The Morgan fingerprint density at radius 3 is 2.19 bits per heavy atom. The third-order valence-corrected chi connectivity index (χ3v) is 5.79. The number of hydrogen-bond donors (Lipinski definition) is 3. The number of hydrogen-bond acceptors (Lipinski definition) is 9. The van der Waals surface area contributed by atoms with E-state index in [1.165, 1.54) is 7.11 Å². The fourth-order valence-corrected chi connectivity index (χ4v) is 3.51. The molecular formula is C27H33N5O5. The first-order chi connectivity index (χ1) is 18.0. The van der Waals surface area contributed by atoms with Crippen molar-refractivity contribution < 1.29 is 24.2 Å². The second kappa shape index (κ2) is 13.9. The molecule has 3 rings (SSSR count). The Morgan fingerprint density at radius 1 is 0.973 bits per heavy atom. The molecule has 1 amide bonds. The third-order valence-electron chi connectivity index (χ3n) is 5.79. The molecule has 0 bridgehead atoms.